The van der Waals surface area contributed by atoms with Crippen molar-refractivity contribution >= 4 is 6.29 Å². The van der Waals surface area contributed by atoms with E-state index in [1.165, 1.54) is 35.1 Å². The monoisotopic (exact) mass is 470 g/mol. The summed E-state index contributed by atoms with van der Waals surface area (Å²) in [7, 11) is 0. The standard InChI is InChI=1S/C33H42O2/c1-9-10-11-25-12-21(2)13-26(24(25)5)18-27-14-22(3)15-28(30(27)20-34)19-29-16-23(4)17-31(32(29)35)33(6,7)8/h12-17,20,35H,9-11,18-19H2,1-8H3. The Labute approximate surface area is 212 Å². The van der Waals surface area contributed by atoms with E-state index >= 15 is 0 Å². The fourth-order valence-corrected chi connectivity index (χ4v) is 5.19. The molecule has 0 radical (unpaired) electrons. The number of hydrogen-bond donors (Lipinski definition) is 1. The average molecular weight is 471 g/mol. The lowest BCUT2D eigenvalue weighted by Gasteiger charge is -2.23. The summed E-state index contributed by atoms with van der Waals surface area (Å²) in [5.74, 6) is 0.345. The lowest BCUT2D eigenvalue weighted by atomic mass is 9.82. The van der Waals surface area contributed by atoms with E-state index in [0.29, 0.717) is 12.2 Å². The first kappa shape index (κ1) is 26.7. The van der Waals surface area contributed by atoms with Crippen molar-refractivity contribution in [1.82, 2.24) is 0 Å². The summed E-state index contributed by atoms with van der Waals surface area (Å²) in [5.41, 5.74) is 12.1. The largest absolute Gasteiger partial charge is 0.507 e. The van der Waals surface area contributed by atoms with Gasteiger partial charge in [-0.15, -0.1) is 0 Å². The van der Waals surface area contributed by atoms with Crippen molar-refractivity contribution < 1.29 is 9.90 Å². The molecule has 0 atom stereocenters. The van der Waals surface area contributed by atoms with Crippen molar-refractivity contribution in [3.8, 4) is 5.75 Å². The number of aldehydes is 1. The molecule has 3 rings (SSSR count). The number of aryl methyl sites for hydroxylation is 4. The topological polar surface area (TPSA) is 37.3 Å². The van der Waals surface area contributed by atoms with Crippen LogP contribution in [0.25, 0.3) is 0 Å². The minimum absolute atomic E-state index is 0.158. The second-order valence-corrected chi connectivity index (χ2v) is 11.4. The number of hydrogen-bond acceptors (Lipinski definition) is 2. The summed E-state index contributed by atoms with van der Waals surface area (Å²) in [4.78, 5) is 12.4. The molecule has 0 fully saturated rings. The van der Waals surface area contributed by atoms with E-state index in [0.717, 1.165) is 58.1 Å². The molecule has 0 aliphatic carbocycles. The third-order valence-electron chi connectivity index (χ3n) is 7.08. The summed E-state index contributed by atoms with van der Waals surface area (Å²) >= 11 is 0. The summed E-state index contributed by atoms with van der Waals surface area (Å²) < 4.78 is 0. The predicted molar refractivity (Wildman–Crippen MR) is 148 cm³/mol. The van der Waals surface area contributed by atoms with Crippen LogP contribution in [0.4, 0.5) is 0 Å². The molecule has 0 saturated heterocycles. The number of carbonyl (C=O) groups excluding carboxylic acids is 1. The molecule has 186 valence electrons. The maximum atomic E-state index is 12.4. The van der Waals surface area contributed by atoms with Gasteiger partial charge in [0.25, 0.3) is 0 Å². The Hall–Kier alpha value is -2.87. The second-order valence-electron chi connectivity index (χ2n) is 11.4. The van der Waals surface area contributed by atoms with E-state index in [1.54, 1.807) is 0 Å². The third-order valence-corrected chi connectivity index (χ3v) is 7.08. The summed E-state index contributed by atoms with van der Waals surface area (Å²) in [6.07, 6.45) is 5.75. The van der Waals surface area contributed by atoms with Crippen LogP contribution in [-0.4, -0.2) is 11.4 Å². The van der Waals surface area contributed by atoms with Crippen molar-refractivity contribution in [1.29, 1.82) is 0 Å². The molecule has 0 saturated carbocycles. The van der Waals surface area contributed by atoms with Gasteiger partial charge < -0.3 is 5.11 Å². The molecule has 0 amide bonds. The lowest BCUT2D eigenvalue weighted by molar-refractivity contribution is 0.112. The fraction of sp³-hybridized carbons (Fsp3) is 0.424. The number of aromatic hydroxyl groups is 1. The molecule has 0 aliphatic heterocycles. The summed E-state index contributed by atoms with van der Waals surface area (Å²) in [6.45, 7) is 17.1. The molecule has 1 N–H and O–H groups in total. The Kier molecular flexibility index (Phi) is 8.26. The SMILES string of the molecule is CCCCc1cc(C)cc(Cc2cc(C)cc(Cc3cc(C)cc(C(C)(C)C)c3O)c2C=O)c1C. The highest BCUT2D eigenvalue weighted by Crippen LogP contribution is 2.36. The number of unbranched alkanes of at least 4 members (excludes halogenated alkanes) is 1. The van der Waals surface area contributed by atoms with E-state index in [2.05, 4.69) is 85.7 Å². The molecule has 2 nitrogen and oxygen atoms in total. The maximum absolute atomic E-state index is 12.4. The minimum atomic E-state index is -0.158. The molecule has 0 spiro atoms. The zero-order chi connectivity index (χ0) is 25.9. The normalized spacial score (nSPS) is 11.7. The van der Waals surface area contributed by atoms with Crippen LogP contribution in [0.5, 0.6) is 5.75 Å². The highest BCUT2D eigenvalue weighted by atomic mass is 16.3. The highest BCUT2D eigenvalue weighted by Gasteiger charge is 2.22. The van der Waals surface area contributed by atoms with Crippen LogP contribution in [-0.2, 0) is 24.7 Å². The summed E-state index contributed by atoms with van der Waals surface area (Å²) in [5, 5.41) is 11.1. The molecule has 0 aliphatic rings. The van der Waals surface area contributed by atoms with Crippen molar-refractivity contribution in [2.45, 2.75) is 92.9 Å². The van der Waals surface area contributed by atoms with Crippen molar-refractivity contribution in [3.63, 3.8) is 0 Å². The minimum Gasteiger partial charge on any atom is -0.507 e. The van der Waals surface area contributed by atoms with Gasteiger partial charge in [-0.25, -0.2) is 0 Å². The van der Waals surface area contributed by atoms with Gasteiger partial charge in [-0.05, 0) is 91.3 Å². The predicted octanol–water partition coefficient (Wildman–Crippen LogP) is 8.26. The van der Waals surface area contributed by atoms with Crippen molar-refractivity contribution in [3.05, 3.63) is 97.6 Å². The molecule has 0 bridgehead atoms. The van der Waals surface area contributed by atoms with Crippen LogP contribution in [0.15, 0.2) is 36.4 Å². The highest BCUT2D eigenvalue weighted by molar-refractivity contribution is 5.81. The van der Waals surface area contributed by atoms with Crippen molar-refractivity contribution in [2.75, 3.05) is 0 Å². The van der Waals surface area contributed by atoms with E-state index in [-0.39, 0.29) is 5.41 Å². The van der Waals surface area contributed by atoms with Crippen LogP contribution in [0.1, 0.15) is 107 Å². The Morgan fingerprint density at radius 2 is 1.23 bits per heavy atom. The number of rotatable bonds is 8. The van der Waals surface area contributed by atoms with Gasteiger partial charge in [0.05, 0.1) is 0 Å². The van der Waals surface area contributed by atoms with Crippen LogP contribution >= 0.6 is 0 Å². The van der Waals surface area contributed by atoms with Crippen LogP contribution in [0.2, 0.25) is 0 Å². The van der Waals surface area contributed by atoms with Gasteiger partial charge in [0.1, 0.15) is 5.75 Å². The molecule has 3 aromatic rings. The van der Waals surface area contributed by atoms with Crippen LogP contribution < -0.4 is 0 Å². The Balaban J connectivity index is 2.06. The first-order valence-electron chi connectivity index (χ1n) is 12.9. The van der Waals surface area contributed by atoms with Crippen LogP contribution in [0.3, 0.4) is 0 Å². The number of phenols is 1. The molecule has 3 aromatic carbocycles. The molecule has 2 heteroatoms. The zero-order valence-electron chi connectivity index (χ0n) is 22.9. The van der Waals surface area contributed by atoms with E-state index in [9.17, 15) is 9.90 Å². The van der Waals surface area contributed by atoms with Crippen molar-refractivity contribution in [2.24, 2.45) is 0 Å². The van der Waals surface area contributed by atoms with Crippen LogP contribution in [0, 0.1) is 27.7 Å². The van der Waals surface area contributed by atoms with Gasteiger partial charge in [-0.2, -0.15) is 0 Å². The van der Waals surface area contributed by atoms with Gasteiger partial charge in [0, 0.05) is 12.0 Å². The zero-order valence-corrected chi connectivity index (χ0v) is 22.9. The van der Waals surface area contributed by atoms with Gasteiger partial charge in [-0.3, -0.25) is 4.79 Å². The molecule has 0 heterocycles. The van der Waals surface area contributed by atoms with Gasteiger partial charge >= 0.3 is 0 Å². The Morgan fingerprint density at radius 1 is 0.743 bits per heavy atom. The summed E-state index contributed by atoms with van der Waals surface area (Å²) in [6, 6.07) is 12.9. The number of benzene rings is 3. The maximum Gasteiger partial charge on any atom is 0.150 e. The average Bonchev–Trinajstić information content (AvgIpc) is 2.76. The fourth-order valence-electron chi connectivity index (χ4n) is 5.19. The quantitative estimate of drug-likeness (QED) is 0.336. The molecule has 0 unspecified atom stereocenters. The van der Waals surface area contributed by atoms with Gasteiger partial charge in [0.2, 0.25) is 0 Å². The molecule has 35 heavy (non-hydrogen) atoms. The van der Waals surface area contributed by atoms with E-state index in [1.807, 2.05) is 6.07 Å². The number of phenolic OH excluding ortho intramolecular Hbond substituents is 1. The molecule has 0 aromatic heterocycles. The molecular weight excluding hydrogens is 428 g/mol. The first-order valence-corrected chi connectivity index (χ1v) is 12.9. The van der Waals surface area contributed by atoms with Gasteiger partial charge in [0.15, 0.2) is 6.29 Å². The first-order chi connectivity index (χ1) is 16.4. The van der Waals surface area contributed by atoms with E-state index in [4.69, 9.17) is 0 Å². The Bertz CT molecular complexity index is 1230. The van der Waals surface area contributed by atoms with E-state index < -0.39 is 0 Å². The third kappa shape index (κ3) is 6.23. The van der Waals surface area contributed by atoms with Gasteiger partial charge in [-0.1, -0.05) is 87.2 Å². The number of carbonyl (C=O) groups is 1. The molecular formula is C33H42O2. The second kappa shape index (κ2) is 10.8. The Morgan fingerprint density at radius 3 is 1.77 bits per heavy atom. The lowest BCUT2D eigenvalue weighted by Crippen LogP contribution is -2.13. The smallest absolute Gasteiger partial charge is 0.150 e.